The minimum atomic E-state index is -1.51. The Kier molecular flexibility index (Phi) is 2.98. The summed E-state index contributed by atoms with van der Waals surface area (Å²) in [5.41, 5.74) is 5.88. The average Bonchev–Trinajstić information content (AvgIpc) is 2.93. The number of nitrogens with zero attached hydrogens (tertiary/aromatic N) is 1. The van der Waals surface area contributed by atoms with Crippen molar-refractivity contribution in [1.29, 1.82) is 0 Å². The molecular weight excluding hydrogens is 350 g/mol. The lowest BCUT2D eigenvalue weighted by Crippen LogP contribution is -2.45. The molecular formula is C19H20BrNSi. The Bertz CT molecular complexity index is 908. The smallest absolute Gasteiger partial charge is 0.153 e. The zero-order chi connectivity index (χ0) is 15.6. The lowest BCUT2D eigenvalue weighted by molar-refractivity contribution is 1.16. The minimum Gasteiger partial charge on any atom is -0.371 e. The summed E-state index contributed by atoms with van der Waals surface area (Å²) >= 11 is 3.66. The van der Waals surface area contributed by atoms with E-state index in [0.29, 0.717) is 5.92 Å². The summed E-state index contributed by atoms with van der Waals surface area (Å²) in [5, 5.41) is 2.86. The molecule has 112 valence electrons. The molecule has 1 unspecified atom stereocenters. The molecule has 2 aromatic rings. The van der Waals surface area contributed by atoms with E-state index in [0.717, 1.165) is 0 Å². The Morgan fingerprint density at radius 1 is 1.00 bits per heavy atom. The monoisotopic (exact) mass is 369 g/mol. The molecule has 1 aliphatic heterocycles. The first kappa shape index (κ1) is 14.3. The highest BCUT2D eigenvalue weighted by Crippen LogP contribution is 2.51. The largest absolute Gasteiger partial charge is 0.371 e. The number of halogens is 1. The fraction of sp³-hybridized carbons (Fsp3) is 0.263. The van der Waals surface area contributed by atoms with Crippen LogP contribution < -0.4 is 15.0 Å². The minimum absolute atomic E-state index is 0.427. The van der Waals surface area contributed by atoms with Gasteiger partial charge in [0.2, 0.25) is 0 Å². The molecule has 0 saturated carbocycles. The van der Waals surface area contributed by atoms with Gasteiger partial charge in [-0.25, -0.2) is 0 Å². The molecule has 2 aliphatic rings. The zero-order valence-corrected chi connectivity index (χ0v) is 16.0. The quantitative estimate of drug-likeness (QED) is 0.681. The molecule has 0 bridgehead atoms. The van der Waals surface area contributed by atoms with Gasteiger partial charge in [0.1, 0.15) is 0 Å². The van der Waals surface area contributed by atoms with Crippen LogP contribution in [-0.2, 0) is 0 Å². The molecule has 2 aromatic carbocycles. The molecule has 0 aromatic heterocycles. The number of rotatable bonds is 1. The predicted molar refractivity (Wildman–Crippen MR) is 101 cm³/mol. The lowest BCUT2D eigenvalue weighted by Gasteiger charge is -2.34. The molecule has 1 aliphatic carbocycles. The molecule has 0 spiro atoms. The molecule has 4 rings (SSSR count). The Morgan fingerprint density at radius 2 is 1.68 bits per heavy atom. The van der Waals surface area contributed by atoms with Gasteiger partial charge in [0.15, 0.2) is 8.24 Å². The van der Waals surface area contributed by atoms with Crippen LogP contribution in [0.5, 0.6) is 0 Å². The van der Waals surface area contributed by atoms with Gasteiger partial charge in [0.25, 0.3) is 0 Å². The van der Waals surface area contributed by atoms with Crippen LogP contribution in [0.25, 0.3) is 11.3 Å². The van der Waals surface area contributed by atoms with Gasteiger partial charge in [-0.1, -0.05) is 65.4 Å². The fourth-order valence-corrected chi connectivity index (χ4v) is 6.29. The van der Waals surface area contributed by atoms with Crippen LogP contribution in [0.1, 0.15) is 18.4 Å². The number of benzene rings is 2. The van der Waals surface area contributed by atoms with Crippen LogP contribution >= 0.6 is 15.9 Å². The molecule has 0 amide bonds. The lowest BCUT2D eigenvalue weighted by atomic mass is 9.94. The van der Waals surface area contributed by atoms with Crippen LogP contribution in [0.3, 0.4) is 0 Å². The highest BCUT2D eigenvalue weighted by molar-refractivity contribution is 9.10. The maximum absolute atomic E-state index is 3.66. The first-order chi connectivity index (χ1) is 10.4. The number of hydrogen-bond donors (Lipinski definition) is 0. The molecule has 1 atom stereocenters. The summed E-state index contributed by atoms with van der Waals surface area (Å²) in [4.78, 5) is 0. The first-order valence-electron chi connectivity index (χ1n) is 7.79. The summed E-state index contributed by atoms with van der Waals surface area (Å²) in [5.74, 6) is 0.427. The van der Waals surface area contributed by atoms with E-state index in [1.54, 1.807) is 0 Å². The standard InChI is InChI=1S/C19H20BrNSi/c1-12-14-7-5-6-8-15(14)19-18(12)16-11-13(20)9-10-17(16)21(19)22(2,3)4/h5-11,18H,1-4H3. The molecule has 1 heterocycles. The van der Waals surface area contributed by atoms with Crippen molar-refractivity contribution in [2.24, 2.45) is 0 Å². The van der Waals surface area contributed by atoms with Gasteiger partial charge in [-0.3, -0.25) is 0 Å². The van der Waals surface area contributed by atoms with E-state index in [4.69, 9.17) is 0 Å². The number of fused-ring (bicyclic) bond motifs is 4. The summed E-state index contributed by atoms with van der Waals surface area (Å²) in [6.07, 6.45) is 0. The van der Waals surface area contributed by atoms with Gasteiger partial charge in [-0.2, -0.15) is 0 Å². The molecule has 22 heavy (non-hydrogen) atoms. The van der Waals surface area contributed by atoms with Gasteiger partial charge >= 0.3 is 0 Å². The average molecular weight is 370 g/mol. The third-order valence-corrected chi connectivity index (χ3v) is 7.10. The zero-order valence-electron chi connectivity index (χ0n) is 13.4. The maximum atomic E-state index is 3.66. The summed E-state index contributed by atoms with van der Waals surface area (Å²) < 4.78 is 3.85. The molecule has 0 N–H and O–H groups in total. The Labute approximate surface area is 141 Å². The Hall–Kier alpha value is -1.32. The second-order valence-electron chi connectivity index (χ2n) is 7.26. The van der Waals surface area contributed by atoms with E-state index >= 15 is 0 Å². The van der Waals surface area contributed by atoms with Crippen molar-refractivity contribution in [3.05, 3.63) is 62.9 Å². The van der Waals surface area contributed by atoms with Crippen LogP contribution in [0.2, 0.25) is 19.6 Å². The Morgan fingerprint density at radius 3 is 2.36 bits per heavy atom. The van der Waals surface area contributed by atoms with Crippen molar-refractivity contribution >= 4 is 41.1 Å². The molecule has 1 nitrogen and oxygen atoms in total. The molecule has 0 saturated heterocycles. The van der Waals surface area contributed by atoms with Crippen molar-refractivity contribution < 1.29 is 0 Å². The highest BCUT2D eigenvalue weighted by atomic mass is 79.9. The van der Waals surface area contributed by atoms with Gasteiger partial charge in [-0.15, -0.1) is 0 Å². The van der Waals surface area contributed by atoms with Crippen LogP contribution in [-0.4, -0.2) is 8.24 Å². The van der Waals surface area contributed by atoms with Crippen LogP contribution in [0.4, 0.5) is 5.69 Å². The van der Waals surface area contributed by atoms with Crippen molar-refractivity contribution in [3.63, 3.8) is 0 Å². The maximum Gasteiger partial charge on any atom is 0.153 e. The van der Waals surface area contributed by atoms with Crippen molar-refractivity contribution in [1.82, 2.24) is 0 Å². The normalized spacial score (nSPS) is 19.3. The van der Waals surface area contributed by atoms with Crippen LogP contribution in [0, 0.1) is 0 Å². The third kappa shape index (κ3) is 1.82. The summed E-state index contributed by atoms with van der Waals surface area (Å²) in [7, 11) is -1.51. The third-order valence-electron chi connectivity index (χ3n) is 4.79. The second kappa shape index (κ2) is 4.59. The van der Waals surface area contributed by atoms with Gasteiger partial charge in [0.05, 0.1) is 0 Å². The number of anilines is 1. The van der Waals surface area contributed by atoms with E-state index in [2.05, 4.69) is 89.5 Å². The van der Waals surface area contributed by atoms with Crippen molar-refractivity contribution in [2.45, 2.75) is 32.5 Å². The second-order valence-corrected chi connectivity index (χ2v) is 13.0. The predicted octanol–water partition coefficient (Wildman–Crippen LogP) is 4.18. The van der Waals surface area contributed by atoms with E-state index < -0.39 is 8.24 Å². The van der Waals surface area contributed by atoms with E-state index in [1.807, 2.05) is 0 Å². The van der Waals surface area contributed by atoms with Gasteiger partial charge in [-0.05, 0) is 35.9 Å². The SMILES string of the molecule is CC1=c2ccccc2=C2C1c1cc(Br)ccc1N2[Si](C)(C)C. The van der Waals surface area contributed by atoms with Crippen LogP contribution in [0.15, 0.2) is 46.9 Å². The Balaban J connectivity index is 2.14. The number of hydrogen-bond acceptors (Lipinski definition) is 1. The first-order valence-corrected chi connectivity index (χ1v) is 12.0. The van der Waals surface area contributed by atoms with Crippen molar-refractivity contribution in [2.75, 3.05) is 4.57 Å². The van der Waals surface area contributed by atoms with E-state index in [1.165, 1.54) is 37.4 Å². The topological polar surface area (TPSA) is 3.24 Å². The summed E-state index contributed by atoms with van der Waals surface area (Å²) in [6.45, 7) is 9.61. The highest BCUT2D eigenvalue weighted by Gasteiger charge is 2.43. The molecule has 3 heteroatoms. The van der Waals surface area contributed by atoms with Crippen molar-refractivity contribution in [3.8, 4) is 0 Å². The van der Waals surface area contributed by atoms with Gasteiger partial charge in [0, 0.05) is 27.0 Å². The summed E-state index contributed by atoms with van der Waals surface area (Å²) in [6, 6.07) is 15.7. The van der Waals surface area contributed by atoms with E-state index in [-0.39, 0.29) is 0 Å². The van der Waals surface area contributed by atoms with E-state index in [9.17, 15) is 0 Å². The van der Waals surface area contributed by atoms with Gasteiger partial charge < -0.3 is 4.57 Å². The fourth-order valence-electron chi connectivity index (χ4n) is 4.01. The molecule has 0 fully saturated rings. The molecule has 0 radical (unpaired) electrons.